The summed E-state index contributed by atoms with van der Waals surface area (Å²) in [6.45, 7) is 4.72. The zero-order chi connectivity index (χ0) is 21.3. The van der Waals surface area contributed by atoms with Crippen LogP contribution in [0.5, 0.6) is 0 Å². The van der Waals surface area contributed by atoms with Gasteiger partial charge in [0.15, 0.2) is 0 Å². The number of nitrogens with zero attached hydrogens (tertiary/aromatic N) is 2. The molecule has 0 saturated heterocycles. The van der Waals surface area contributed by atoms with Crippen molar-refractivity contribution in [1.82, 2.24) is 4.31 Å². The van der Waals surface area contributed by atoms with Gasteiger partial charge in [0.1, 0.15) is 10.9 Å². The Bertz CT molecular complexity index is 1040. The quantitative estimate of drug-likeness (QED) is 0.777. The number of benzene rings is 2. The SMILES string of the molecule is Cc1ccc2c(c1)CCCN2[C@@H](C)C(=O)Nc1ccc(Cl)c(S(=O)(=O)N(C)C)c1. The lowest BCUT2D eigenvalue weighted by atomic mass is 9.98. The van der Waals surface area contributed by atoms with Crippen molar-refractivity contribution in [2.24, 2.45) is 0 Å². The molecule has 29 heavy (non-hydrogen) atoms. The number of sulfonamides is 1. The van der Waals surface area contributed by atoms with Crippen molar-refractivity contribution in [1.29, 1.82) is 0 Å². The predicted octanol–water partition coefficient (Wildman–Crippen LogP) is 3.68. The van der Waals surface area contributed by atoms with Gasteiger partial charge in [-0.05, 0) is 56.5 Å². The lowest BCUT2D eigenvalue weighted by Crippen LogP contribution is -2.44. The Balaban J connectivity index is 1.83. The minimum atomic E-state index is -3.71. The minimum absolute atomic E-state index is 0.0339. The Hall–Kier alpha value is -2.09. The summed E-state index contributed by atoms with van der Waals surface area (Å²) < 4.78 is 26.0. The standard InChI is InChI=1S/C21H26ClN3O3S/c1-14-7-10-19-16(12-14)6-5-11-25(19)15(2)21(26)23-17-8-9-18(22)20(13-17)29(27,28)24(3)4/h7-10,12-13,15H,5-6,11H2,1-4H3,(H,23,26)/t15-/m0/s1. The number of fused-ring (bicyclic) bond motifs is 1. The first-order valence-corrected chi connectivity index (χ1v) is 11.3. The molecule has 1 N–H and O–H groups in total. The maximum Gasteiger partial charge on any atom is 0.246 e. The molecule has 1 heterocycles. The molecular weight excluding hydrogens is 410 g/mol. The maximum absolute atomic E-state index is 12.9. The van der Waals surface area contributed by atoms with E-state index in [1.807, 2.05) is 6.92 Å². The van der Waals surface area contributed by atoms with Gasteiger partial charge in [-0.15, -0.1) is 0 Å². The largest absolute Gasteiger partial charge is 0.360 e. The van der Waals surface area contributed by atoms with Gasteiger partial charge >= 0.3 is 0 Å². The van der Waals surface area contributed by atoms with Crippen LogP contribution in [-0.4, -0.2) is 45.3 Å². The molecule has 0 fully saturated rings. The molecule has 6 nitrogen and oxygen atoms in total. The number of carbonyl (C=O) groups is 1. The van der Waals surface area contributed by atoms with Crippen molar-refractivity contribution in [3.05, 3.63) is 52.5 Å². The number of aryl methyl sites for hydroxylation is 2. The Morgan fingerprint density at radius 2 is 1.93 bits per heavy atom. The van der Waals surface area contributed by atoms with E-state index in [0.717, 1.165) is 29.4 Å². The van der Waals surface area contributed by atoms with E-state index in [-0.39, 0.29) is 15.8 Å². The number of halogens is 1. The lowest BCUT2D eigenvalue weighted by Gasteiger charge is -2.35. The summed E-state index contributed by atoms with van der Waals surface area (Å²) in [4.78, 5) is 15.0. The van der Waals surface area contributed by atoms with Gasteiger partial charge in [0.05, 0.1) is 5.02 Å². The second kappa shape index (κ2) is 8.34. The summed E-state index contributed by atoms with van der Waals surface area (Å²) in [5, 5.41) is 2.95. The fourth-order valence-corrected chi connectivity index (χ4v) is 4.91. The van der Waals surface area contributed by atoms with Gasteiger partial charge in [0, 0.05) is 32.0 Å². The van der Waals surface area contributed by atoms with Crippen LogP contribution in [0, 0.1) is 6.92 Å². The summed E-state index contributed by atoms with van der Waals surface area (Å²) in [5.41, 5.74) is 3.93. The Morgan fingerprint density at radius 3 is 2.62 bits per heavy atom. The van der Waals surface area contributed by atoms with Crippen LogP contribution in [0.1, 0.15) is 24.5 Å². The summed E-state index contributed by atoms with van der Waals surface area (Å²) in [6.07, 6.45) is 1.99. The van der Waals surface area contributed by atoms with Crippen LogP contribution in [0.25, 0.3) is 0 Å². The van der Waals surface area contributed by atoms with E-state index in [1.165, 1.54) is 37.4 Å². The minimum Gasteiger partial charge on any atom is -0.360 e. The molecule has 0 saturated carbocycles. The summed E-state index contributed by atoms with van der Waals surface area (Å²) in [7, 11) is -0.833. The Kier molecular flexibility index (Phi) is 6.22. The fraction of sp³-hybridized carbons (Fsp3) is 0.381. The zero-order valence-electron chi connectivity index (χ0n) is 17.1. The third kappa shape index (κ3) is 4.42. The summed E-state index contributed by atoms with van der Waals surface area (Å²) >= 11 is 6.09. The first-order chi connectivity index (χ1) is 13.6. The normalized spacial score (nSPS) is 15.2. The van der Waals surface area contributed by atoms with Gasteiger partial charge in [0.2, 0.25) is 15.9 Å². The van der Waals surface area contributed by atoms with E-state index in [1.54, 1.807) is 6.07 Å². The monoisotopic (exact) mass is 435 g/mol. The maximum atomic E-state index is 12.9. The van der Waals surface area contributed by atoms with Gasteiger partial charge in [-0.2, -0.15) is 0 Å². The van der Waals surface area contributed by atoms with Crippen LogP contribution < -0.4 is 10.2 Å². The molecule has 0 bridgehead atoms. The van der Waals surface area contributed by atoms with Gasteiger partial charge in [-0.1, -0.05) is 29.3 Å². The molecule has 1 amide bonds. The molecule has 0 aliphatic carbocycles. The van der Waals surface area contributed by atoms with Gasteiger partial charge in [-0.3, -0.25) is 4.79 Å². The van der Waals surface area contributed by atoms with E-state index in [2.05, 4.69) is 35.3 Å². The summed E-state index contributed by atoms with van der Waals surface area (Å²) in [5.74, 6) is -0.200. The van der Waals surface area contributed by atoms with Gasteiger partial charge in [-0.25, -0.2) is 12.7 Å². The Labute approximate surface area is 177 Å². The molecule has 1 atom stereocenters. The first kappa shape index (κ1) is 21.6. The van der Waals surface area contributed by atoms with Crippen molar-refractivity contribution in [2.45, 2.75) is 37.6 Å². The highest BCUT2D eigenvalue weighted by Crippen LogP contribution is 2.30. The van der Waals surface area contributed by atoms with Crippen molar-refractivity contribution in [3.63, 3.8) is 0 Å². The van der Waals surface area contributed by atoms with E-state index in [4.69, 9.17) is 11.6 Å². The van der Waals surface area contributed by atoms with Crippen LogP contribution in [0.15, 0.2) is 41.3 Å². The molecule has 0 aromatic heterocycles. The molecule has 3 rings (SSSR count). The van der Waals surface area contributed by atoms with Crippen LogP contribution in [0.4, 0.5) is 11.4 Å². The van der Waals surface area contributed by atoms with E-state index >= 15 is 0 Å². The highest BCUT2D eigenvalue weighted by atomic mass is 35.5. The molecule has 8 heteroatoms. The number of hydrogen-bond donors (Lipinski definition) is 1. The van der Waals surface area contributed by atoms with Gasteiger partial charge < -0.3 is 10.2 Å². The predicted molar refractivity (Wildman–Crippen MR) is 117 cm³/mol. The van der Waals surface area contributed by atoms with E-state index in [0.29, 0.717) is 5.69 Å². The van der Waals surface area contributed by atoms with Crippen LogP contribution in [0.2, 0.25) is 5.02 Å². The third-order valence-electron chi connectivity index (χ3n) is 5.19. The number of hydrogen-bond acceptors (Lipinski definition) is 4. The highest BCUT2D eigenvalue weighted by Gasteiger charge is 2.27. The van der Waals surface area contributed by atoms with E-state index in [9.17, 15) is 13.2 Å². The van der Waals surface area contributed by atoms with Crippen molar-refractivity contribution >= 4 is 38.9 Å². The Morgan fingerprint density at radius 1 is 1.21 bits per heavy atom. The smallest absolute Gasteiger partial charge is 0.246 e. The average molecular weight is 436 g/mol. The number of rotatable bonds is 5. The molecule has 2 aromatic carbocycles. The molecule has 1 aliphatic rings. The van der Waals surface area contributed by atoms with Crippen molar-refractivity contribution in [2.75, 3.05) is 30.9 Å². The molecule has 0 spiro atoms. The number of carbonyl (C=O) groups excluding carboxylic acids is 1. The van der Waals surface area contributed by atoms with Crippen molar-refractivity contribution in [3.8, 4) is 0 Å². The van der Waals surface area contributed by atoms with Crippen LogP contribution in [-0.2, 0) is 21.2 Å². The molecule has 156 valence electrons. The number of amides is 1. The second-order valence-electron chi connectivity index (χ2n) is 7.53. The third-order valence-corrected chi connectivity index (χ3v) is 7.49. The molecule has 0 radical (unpaired) electrons. The number of nitrogens with one attached hydrogen (secondary N) is 1. The van der Waals surface area contributed by atoms with Crippen molar-refractivity contribution < 1.29 is 13.2 Å². The molecule has 0 unspecified atom stereocenters. The summed E-state index contributed by atoms with van der Waals surface area (Å²) in [6, 6.07) is 10.4. The second-order valence-corrected chi connectivity index (χ2v) is 10.1. The molecule has 2 aromatic rings. The topological polar surface area (TPSA) is 69.7 Å². The van der Waals surface area contributed by atoms with E-state index < -0.39 is 16.1 Å². The number of anilines is 2. The zero-order valence-corrected chi connectivity index (χ0v) is 18.6. The van der Waals surface area contributed by atoms with Gasteiger partial charge in [0.25, 0.3) is 0 Å². The van der Waals surface area contributed by atoms with Crippen LogP contribution in [0.3, 0.4) is 0 Å². The molecular formula is C21H26ClN3O3S. The van der Waals surface area contributed by atoms with Crippen LogP contribution >= 0.6 is 11.6 Å². The first-order valence-electron chi connectivity index (χ1n) is 9.50. The highest BCUT2D eigenvalue weighted by molar-refractivity contribution is 7.89. The molecule has 1 aliphatic heterocycles. The fourth-order valence-electron chi connectivity index (χ4n) is 3.52. The average Bonchev–Trinajstić information content (AvgIpc) is 2.67. The lowest BCUT2D eigenvalue weighted by molar-refractivity contribution is -0.117.